The van der Waals surface area contributed by atoms with Gasteiger partial charge in [0.2, 0.25) is 17.7 Å². The molecule has 3 amide bonds. The van der Waals surface area contributed by atoms with Crippen molar-refractivity contribution in [1.82, 2.24) is 20.4 Å². The first-order chi connectivity index (χ1) is 15.5. The van der Waals surface area contributed by atoms with E-state index in [1.54, 1.807) is 24.9 Å². The number of rotatable bonds is 9. The Hall–Kier alpha value is -1.89. The lowest BCUT2D eigenvalue weighted by Crippen LogP contribution is -2.57. The number of piperidine rings is 1. The highest BCUT2D eigenvalue weighted by Crippen LogP contribution is 2.21. The zero-order chi connectivity index (χ0) is 25.1. The monoisotopic (exact) mass is 464 g/mol. The van der Waals surface area contributed by atoms with Crippen LogP contribution < -0.4 is 10.6 Å². The molecule has 2 aliphatic rings. The lowest BCUT2D eigenvalue weighted by molar-refractivity contribution is -0.138. The largest absolute Gasteiger partial charge is 0.350 e. The van der Waals surface area contributed by atoms with Gasteiger partial charge in [-0.2, -0.15) is 0 Å². The number of carbonyl (C=O) groups excluding carboxylic acids is 3. The summed E-state index contributed by atoms with van der Waals surface area (Å²) < 4.78 is 0. The van der Waals surface area contributed by atoms with Crippen LogP contribution in [0.3, 0.4) is 0 Å². The molecule has 7 nitrogen and oxygen atoms in total. The van der Waals surface area contributed by atoms with Crippen LogP contribution in [0.4, 0.5) is 0 Å². The van der Waals surface area contributed by atoms with Gasteiger partial charge in [-0.3, -0.25) is 19.3 Å². The van der Waals surface area contributed by atoms with Crippen molar-refractivity contribution in [2.24, 2.45) is 5.92 Å². The van der Waals surface area contributed by atoms with E-state index in [2.05, 4.69) is 43.2 Å². The van der Waals surface area contributed by atoms with E-state index in [4.69, 9.17) is 0 Å². The topological polar surface area (TPSA) is 81.8 Å². The predicted molar refractivity (Wildman–Crippen MR) is 135 cm³/mol. The van der Waals surface area contributed by atoms with Crippen LogP contribution in [-0.4, -0.2) is 71.8 Å². The summed E-state index contributed by atoms with van der Waals surface area (Å²) >= 11 is 0. The van der Waals surface area contributed by atoms with Crippen molar-refractivity contribution in [2.45, 2.75) is 111 Å². The van der Waals surface area contributed by atoms with Gasteiger partial charge in [-0.15, -0.1) is 0 Å². The van der Waals surface area contributed by atoms with Crippen LogP contribution in [0.1, 0.15) is 87.0 Å². The van der Waals surface area contributed by atoms with E-state index in [9.17, 15) is 14.4 Å². The molecule has 1 saturated heterocycles. The first-order valence-electron chi connectivity index (χ1n) is 12.8. The third-order valence-electron chi connectivity index (χ3n) is 6.06. The number of hydrogen-bond donors (Lipinski definition) is 2. The van der Waals surface area contributed by atoms with Crippen molar-refractivity contribution >= 4 is 17.7 Å². The molecule has 2 atom stereocenters. The molecule has 7 heteroatoms. The third kappa shape index (κ3) is 9.86. The van der Waals surface area contributed by atoms with Gasteiger partial charge in [-0.25, -0.2) is 0 Å². The Morgan fingerprint density at radius 3 is 2.18 bits per heavy atom. The van der Waals surface area contributed by atoms with Crippen LogP contribution in [0.25, 0.3) is 0 Å². The Morgan fingerprint density at radius 1 is 1.06 bits per heavy atom. The van der Waals surface area contributed by atoms with Crippen LogP contribution in [0.2, 0.25) is 0 Å². The minimum atomic E-state index is -0.576. The fourth-order valence-corrected chi connectivity index (χ4v) is 3.84. The lowest BCUT2D eigenvalue weighted by Gasteiger charge is -2.38. The van der Waals surface area contributed by atoms with Crippen LogP contribution in [0.5, 0.6) is 0 Å². The summed E-state index contributed by atoms with van der Waals surface area (Å²) in [5.41, 5.74) is 0.612. The molecular weight excluding hydrogens is 416 g/mol. The summed E-state index contributed by atoms with van der Waals surface area (Å²) in [5.74, 6) is -0.280. The zero-order valence-corrected chi connectivity index (χ0v) is 22.2. The van der Waals surface area contributed by atoms with E-state index < -0.39 is 6.04 Å². The Bertz CT molecular complexity index is 670. The number of likely N-dealkylation sites (tertiary alicyclic amines) is 1. The maximum atomic E-state index is 13.1. The molecule has 0 radical (unpaired) electrons. The molecule has 1 aliphatic heterocycles. The van der Waals surface area contributed by atoms with Crippen molar-refractivity contribution < 1.29 is 14.4 Å². The predicted octanol–water partition coefficient (Wildman–Crippen LogP) is 3.49. The van der Waals surface area contributed by atoms with E-state index in [1.807, 2.05) is 13.8 Å². The summed E-state index contributed by atoms with van der Waals surface area (Å²) in [7, 11) is 1.72. The first kappa shape index (κ1) is 29.1. The number of carbonyl (C=O) groups is 3. The van der Waals surface area contributed by atoms with E-state index in [-0.39, 0.29) is 29.7 Å². The second-order valence-electron chi connectivity index (χ2n) is 10.1. The number of hydrogen-bond acceptors (Lipinski definition) is 4. The van der Waals surface area contributed by atoms with E-state index in [0.717, 1.165) is 38.6 Å². The minimum absolute atomic E-state index is 0.0248. The Labute approximate surface area is 201 Å². The number of nitrogens with one attached hydrogen (secondary N) is 2. The maximum Gasteiger partial charge on any atom is 0.246 e. The molecule has 0 bridgehead atoms. The van der Waals surface area contributed by atoms with Gasteiger partial charge in [0.25, 0.3) is 0 Å². The summed E-state index contributed by atoms with van der Waals surface area (Å²) in [4.78, 5) is 42.0. The molecule has 1 heterocycles. The van der Waals surface area contributed by atoms with Crippen molar-refractivity contribution in [3.63, 3.8) is 0 Å². The standard InChI is InChI=1S/C23H40N4O3.C3H8/c1-15(2)20(25-22(29)19-9-7-8-13-27(19)16(3)4)23(30)26(6)14-12-17(5)21(28)24-18-10-11-18;1-3-2/h12,15-16,18-20H,7-11,13-14H2,1-6H3,(H,24,28)(H,25,29);3H2,1-2H3/b17-12+;. The van der Waals surface area contributed by atoms with Gasteiger partial charge in [0.15, 0.2) is 0 Å². The quantitative estimate of drug-likeness (QED) is 0.512. The normalized spacial score (nSPS) is 20.1. The molecule has 190 valence electrons. The molecule has 2 unspecified atom stereocenters. The molecule has 0 aromatic carbocycles. The molecule has 0 spiro atoms. The molecular formula is C26H48N4O3. The van der Waals surface area contributed by atoms with Gasteiger partial charge in [-0.1, -0.05) is 46.6 Å². The smallest absolute Gasteiger partial charge is 0.246 e. The van der Waals surface area contributed by atoms with Crippen molar-refractivity contribution in [1.29, 1.82) is 0 Å². The average molecular weight is 465 g/mol. The number of amides is 3. The van der Waals surface area contributed by atoms with Gasteiger partial charge in [0.05, 0.1) is 6.04 Å². The third-order valence-corrected chi connectivity index (χ3v) is 6.06. The second kappa shape index (κ2) is 14.4. The summed E-state index contributed by atoms with van der Waals surface area (Å²) in [6.07, 6.45) is 8.09. The van der Waals surface area contributed by atoms with Crippen LogP contribution in [0.15, 0.2) is 11.6 Å². The SMILES string of the molecule is C/C(=C\CN(C)C(=O)C(NC(=O)C1CCCCN1C(C)C)C(C)C)C(=O)NC1CC1.CCC. The van der Waals surface area contributed by atoms with E-state index in [0.29, 0.717) is 24.2 Å². The van der Waals surface area contributed by atoms with Crippen LogP contribution in [-0.2, 0) is 14.4 Å². The molecule has 2 N–H and O–H groups in total. The summed E-state index contributed by atoms with van der Waals surface area (Å²) in [6.45, 7) is 15.4. The second-order valence-corrected chi connectivity index (χ2v) is 10.1. The van der Waals surface area contributed by atoms with E-state index >= 15 is 0 Å². The Kier molecular flexibility index (Phi) is 12.7. The number of nitrogens with zero attached hydrogens (tertiary/aromatic N) is 2. The van der Waals surface area contributed by atoms with Gasteiger partial charge in [0, 0.05) is 31.2 Å². The molecule has 0 aromatic heterocycles. The Balaban J connectivity index is 0.00000172. The lowest BCUT2D eigenvalue weighted by atomic mass is 9.97. The highest BCUT2D eigenvalue weighted by atomic mass is 16.2. The van der Waals surface area contributed by atoms with Crippen LogP contribution in [0, 0.1) is 5.92 Å². The summed E-state index contributed by atoms with van der Waals surface area (Å²) in [5, 5.41) is 5.98. The molecule has 33 heavy (non-hydrogen) atoms. The first-order valence-corrected chi connectivity index (χ1v) is 12.8. The molecule has 2 rings (SSSR count). The van der Waals surface area contributed by atoms with Gasteiger partial charge in [0.1, 0.15) is 6.04 Å². The van der Waals surface area contributed by atoms with Crippen molar-refractivity contribution in [2.75, 3.05) is 20.1 Å². The average Bonchev–Trinajstić information content (AvgIpc) is 3.59. The minimum Gasteiger partial charge on any atom is -0.350 e. The fraction of sp³-hybridized carbons (Fsp3) is 0.808. The van der Waals surface area contributed by atoms with Crippen molar-refractivity contribution in [3.05, 3.63) is 11.6 Å². The molecule has 1 saturated carbocycles. The molecule has 2 fully saturated rings. The highest BCUT2D eigenvalue weighted by molar-refractivity contribution is 5.93. The molecule has 1 aliphatic carbocycles. The Morgan fingerprint density at radius 2 is 1.67 bits per heavy atom. The fourth-order valence-electron chi connectivity index (χ4n) is 3.84. The maximum absolute atomic E-state index is 13.1. The summed E-state index contributed by atoms with van der Waals surface area (Å²) in [6, 6.07) is -0.142. The number of likely N-dealkylation sites (N-methyl/N-ethyl adjacent to an activating group) is 1. The molecule has 0 aromatic rings. The van der Waals surface area contributed by atoms with Gasteiger partial charge >= 0.3 is 0 Å². The van der Waals surface area contributed by atoms with Crippen LogP contribution >= 0.6 is 0 Å². The highest BCUT2D eigenvalue weighted by Gasteiger charge is 2.34. The van der Waals surface area contributed by atoms with E-state index in [1.165, 1.54) is 6.42 Å². The van der Waals surface area contributed by atoms with Crippen molar-refractivity contribution in [3.8, 4) is 0 Å². The van der Waals surface area contributed by atoms with Gasteiger partial charge in [-0.05, 0) is 58.9 Å². The zero-order valence-electron chi connectivity index (χ0n) is 22.2. The van der Waals surface area contributed by atoms with Gasteiger partial charge < -0.3 is 15.5 Å².